The summed E-state index contributed by atoms with van der Waals surface area (Å²) < 4.78 is 63.4. The molecule has 0 aliphatic heterocycles. The van der Waals surface area contributed by atoms with Crippen molar-refractivity contribution < 1.29 is 21.6 Å². The lowest BCUT2D eigenvalue weighted by molar-refractivity contribution is -0.136. The molecule has 0 unspecified atom stereocenters. The van der Waals surface area contributed by atoms with E-state index in [1.54, 1.807) is 6.92 Å². The van der Waals surface area contributed by atoms with Gasteiger partial charge in [0.25, 0.3) is 0 Å². The van der Waals surface area contributed by atoms with Crippen LogP contribution in [0.4, 0.5) is 13.2 Å². The summed E-state index contributed by atoms with van der Waals surface area (Å²) in [7, 11) is -4.20. The molecule has 0 aliphatic carbocycles. The Morgan fingerprint density at radius 2 is 2.10 bits per heavy atom. The first-order valence-corrected chi connectivity index (χ1v) is 7.44. The highest BCUT2D eigenvalue weighted by Gasteiger charge is 2.37. The van der Waals surface area contributed by atoms with Gasteiger partial charge in [-0.15, -0.1) is 0 Å². The molecule has 116 valence electrons. The van der Waals surface area contributed by atoms with Crippen LogP contribution in [0.5, 0.6) is 0 Å². The van der Waals surface area contributed by atoms with E-state index in [9.17, 15) is 21.6 Å². The van der Waals surface area contributed by atoms with E-state index in [-0.39, 0.29) is 24.4 Å². The predicted octanol–water partition coefficient (Wildman–Crippen LogP) is 0.805. The van der Waals surface area contributed by atoms with Crippen LogP contribution in [0.1, 0.15) is 13.3 Å². The topological polar surface area (TPSA) is 81.2 Å². The van der Waals surface area contributed by atoms with Crippen molar-refractivity contribution in [1.29, 1.82) is 0 Å². The summed E-state index contributed by atoms with van der Waals surface area (Å²) in [5, 5.41) is 3.76. The summed E-state index contributed by atoms with van der Waals surface area (Å²) >= 11 is 0. The number of hydrogen-bond acceptors (Lipinski definition) is 4. The third kappa shape index (κ3) is 4.46. The van der Waals surface area contributed by atoms with Crippen LogP contribution in [-0.2, 0) is 16.6 Å². The Balaban J connectivity index is 3.02. The van der Waals surface area contributed by atoms with E-state index in [1.807, 2.05) is 0 Å². The van der Waals surface area contributed by atoms with Crippen LogP contribution in [0, 0.1) is 0 Å². The maximum atomic E-state index is 12.5. The summed E-state index contributed by atoms with van der Waals surface area (Å²) in [4.78, 5) is -0.261. The number of aromatic nitrogens is 2. The number of sulfonamides is 1. The largest absolute Gasteiger partial charge is 0.402 e. The van der Waals surface area contributed by atoms with Gasteiger partial charge >= 0.3 is 6.18 Å². The molecule has 1 rings (SSSR count). The van der Waals surface area contributed by atoms with Crippen molar-refractivity contribution in [1.82, 2.24) is 14.1 Å². The van der Waals surface area contributed by atoms with Crippen molar-refractivity contribution in [3.63, 3.8) is 0 Å². The lowest BCUT2D eigenvalue weighted by atomic mass is 10.5. The lowest BCUT2D eigenvalue weighted by Crippen LogP contribution is -2.39. The van der Waals surface area contributed by atoms with E-state index in [4.69, 9.17) is 5.73 Å². The maximum Gasteiger partial charge on any atom is 0.402 e. The first-order valence-electron chi connectivity index (χ1n) is 6.00. The molecule has 0 aliphatic rings. The summed E-state index contributed by atoms with van der Waals surface area (Å²) in [5.41, 5.74) is 5.30. The number of nitrogens with two attached hydrogens (primary N) is 1. The first-order chi connectivity index (χ1) is 9.20. The summed E-state index contributed by atoms with van der Waals surface area (Å²) in [6.45, 7) is 0.441. The Kier molecular flexibility index (Phi) is 5.54. The van der Waals surface area contributed by atoms with Gasteiger partial charge in [-0.3, -0.25) is 4.68 Å². The Bertz CT molecular complexity index is 527. The molecule has 1 aromatic heterocycles. The molecule has 0 spiro atoms. The molecule has 1 aromatic rings. The number of alkyl halides is 3. The van der Waals surface area contributed by atoms with Gasteiger partial charge < -0.3 is 5.73 Å². The number of rotatable bonds is 7. The minimum absolute atomic E-state index is 0.204. The molecular formula is C10H17F3N4O2S. The SMILES string of the molecule is CCCN(CC(F)(F)F)S(=O)(=O)c1cnn(CCN)c1. The van der Waals surface area contributed by atoms with Crippen LogP contribution >= 0.6 is 0 Å². The van der Waals surface area contributed by atoms with Crippen molar-refractivity contribution in [2.24, 2.45) is 5.73 Å². The third-order valence-electron chi connectivity index (χ3n) is 2.43. The minimum atomic E-state index is -4.59. The van der Waals surface area contributed by atoms with Crippen molar-refractivity contribution >= 4 is 10.0 Å². The van der Waals surface area contributed by atoms with Crippen molar-refractivity contribution in [3.8, 4) is 0 Å². The van der Waals surface area contributed by atoms with Gasteiger partial charge in [-0.05, 0) is 6.42 Å². The molecule has 0 saturated heterocycles. The van der Waals surface area contributed by atoms with Crippen molar-refractivity contribution in [3.05, 3.63) is 12.4 Å². The molecular weight excluding hydrogens is 297 g/mol. The summed E-state index contributed by atoms with van der Waals surface area (Å²) in [5.74, 6) is 0. The van der Waals surface area contributed by atoms with E-state index in [2.05, 4.69) is 5.10 Å². The van der Waals surface area contributed by atoms with Gasteiger partial charge in [0.05, 0.1) is 12.7 Å². The van der Waals surface area contributed by atoms with E-state index >= 15 is 0 Å². The lowest BCUT2D eigenvalue weighted by Gasteiger charge is -2.21. The first kappa shape index (κ1) is 16.9. The highest BCUT2D eigenvalue weighted by Crippen LogP contribution is 2.22. The summed E-state index contributed by atoms with van der Waals surface area (Å²) in [6.07, 6.45) is -2.09. The Hall–Kier alpha value is -1.13. The number of nitrogens with zero attached hydrogens (tertiary/aromatic N) is 3. The second-order valence-corrected chi connectivity index (χ2v) is 6.12. The van der Waals surface area contributed by atoms with E-state index in [1.165, 1.54) is 10.9 Å². The standard InChI is InChI=1S/C10H17F3N4O2S/c1-2-4-17(8-10(11,12)13)20(18,19)9-6-15-16(7-9)5-3-14/h6-7H,2-5,8,14H2,1H3. The smallest absolute Gasteiger partial charge is 0.329 e. The molecule has 0 bridgehead atoms. The van der Waals surface area contributed by atoms with Gasteiger partial charge in [-0.2, -0.15) is 22.6 Å². The second kappa shape index (κ2) is 6.55. The van der Waals surface area contributed by atoms with E-state index in [0.29, 0.717) is 10.8 Å². The Labute approximate surface area is 115 Å². The summed E-state index contributed by atoms with van der Waals surface area (Å²) in [6, 6.07) is 0. The Morgan fingerprint density at radius 1 is 1.45 bits per heavy atom. The van der Waals surface area contributed by atoms with Crippen LogP contribution in [0.2, 0.25) is 0 Å². The predicted molar refractivity (Wildman–Crippen MR) is 66.4 cm³/mol. The maximum absolute atomic E-state index is 12.5. The van der Waals surface area contributed by atoms with Crippen LogP contribution in [-0.4, -0.2) is 48.3 Å². The monoisotopic (exact) mass is 314 g/mol. The average molecular weight is 314 g/mol. The van der Waals surface area contributed by atoms with E-state index in [0.717, 1.165) is 6.20 Å². The average Bonchev–Trinajstić information content (AvgIpc) is 2.76. The van der Waals surface area contributed by atoms with Crippen molar-refractivity contribution in [2.75, 3.05) is 19.6 Å². The molecule has 1 heterocycles. The zero-order valence-corrected chi connectivity index (χ0v) is 11.8. The molecule has 2 N–H and O–H groups in total. The van der Waals surface area contributed by atoms with Crippen LogP contribution < -0.4 is 5.73 Å². The van der Waals surface area contributed by atoms with Crippen molar-refractivity contribution in [2.45, 2.75) is 31.0 Å². The van der Waals surface area contributed by atoms with Gasteiger partial charge in [-0.25, -0.2) is 8.42 Å². The van der Waals surface area contributed by atoms with Crippen LogP contribution in [0.3, 0.4) is 0 Å². The molecule has 0 aromatic carbocycles. The van der Waals surface area contributed by atoms with Gasteiger partial charge in [0.15, 0.2) is 0 Å². The molecule has 0 atom stereocenters. The molecule has 0 radical (unpaired) electrons. The third-order valence-corrected chi connectivity index (χ3v) is 4.23. The zero-order valence-electron chi connectivity index (χ0n) is 11.0. The quantitative estimate of drug-likeness (QED) is 0.807. The highest BCUT2D eigenvalue weighted by molar-refractivity contribution is 7.89. The highest BCUT2D eigenvalue weighted by atomic mass is 32.2. The van der Waals surface area contributed by atoms with E-state index < -0.39 is 22.7 Å². The van der Waals surface area contributed by atoms with Gasteiger partial charge in [-0.1, -0.05) is 6.92 Å². The van der Waals surface area contributed by atoms with Crippen LogP contribution in [0.25, 0.3) is 0 Å². The normalized spacial score (nSPS) is 13.1. The minimum Gasteiger partial charge on any atom is -0.329 e. The Morgan fingerprint density at radius 3 is 2.60 bits per heavy atom. The zero-order chi connectivity index (χ0) is 15.4. The fourth-order valence-corrected chi connectivity index (χ4v) is 3.09. The molecule has 0 fully saturated rings. The van der Waals surface area contributed by atoms with Gasteiger partial charge in [0.1, 0.15) is 11.4 Å². The fraction of sp³-hybridized carbons (Fsp3) is 0.700. The van der Waals surface area contributed by atoms with Gasteiger partial charge in [0.2, 0.25) is 10.0 Å². The van der Waals surface area contributed by atoms with Gasteiger partial charge in [0, 0.05) is 19.3 Å². The molecule has 10 heteroatoms. The second-order valence-electron chi connectivity index (χ2n) is 4.18. The fourth-order valence-electron chi connectivity index (χ4n) is 1.62. The molecule has 20 heavy (non-hydrogen) atoms. The molecule has 0 saturated carbocycles. The van der Waals surface area contributed by atoms with Crippen LogP contribution in [0.15, 0.2) is 17.3 Å². The number of hydrogen-bond donors (Lipinski definition) is 1. The molecule has 6 nitrogen and oxygen atoms in total. The number of halogens is 3. The molecule has 0 amide bonds.